The van der Waals surface area contributed by atoms with Crippen LogP contribution in [0.5, 0.6) is 11.5 Å². The summed E-state index contributed by atoms with van der Waals surface area (Å²) in [6.45, 7) is 2.81. The van der Waals surface area contributed by atoms with Crippen molar-refractivity contribution in [2.24, 2.45) is 0 Å². The van der Waals surface area contributed by atoms with Crippen LogP contribution in [-0.4, -0.2) is 25.3 Å². The smallest absolute Gasteiger partial charge is 0.323 e. The molecular formula is C26H25FN2O4. The molecule has 0 fully saturated rings. The number of fused-ring (bicyclic) bond motifs is 1. The highest BCUT2D eigenvalue weighted by Gasteiger charge is 2.28. The van der Waals surface area contributed by atoms with Crippen LogP contribution in [0, 0.1) is 5.82 Å². The molecule has 4 rings (SSSR count). The first-order chi connectivity index (χ1) is 15.9. The number of hydrogen-bond donors (Lipinski definition) is 2. The number of anilines is 2. The molecule has 7 heteroatoms. The second-order valence-corrected chi connectivity index (χ2v) is 7.93. The lowest BCUT2D eigenvalue weighted by atomic mass is 10.0. The first kappa shape index (κ1) is 22.4. The van der Waals surface area contributed by atoms with E-state index in [1.807, 2.05) is 55.5 Å². The number of rotatable bonds is 7. The molecule has 1 atom stereocenters. The van der Waals surface area contributed by atoms with Crippen LogP contribution in [0.1, 0.15) is 18.1 Å². The fourth-order valence-electron chi connectivity index (χ4n) is 3.40. The molecule has 2 N–H and O–H groups in total. The number of nitrogens with one attached hydrogen (secondary N) is 2. The number of carbonyl (C=O) groups is 1. The Kier molecular flexibility index (Phi) is 6.60. The number of hydrogen-bond acceptors (Lipinski definition) is 4. The summed E-state index contributed by atoms with van der Waals surface area (Å²) in [6, 6.07) is 18.3. The molecule has 0 aromatic heterocycles. The van der Waals surface area contributed by atoms with Gasteiger partial charge in [0.25, 0.3) is 0 Å². The number of amides is 2. The molecule has 2 amide bonds. The Morgan fingerprint density at radius 3 is 2.42 bits per heavy atom. The molecule has 3 aromatic carbocycles. The van der Waals surface area contributed by atoms with Gasteiger partial charge in [0, 0.05) is 16.9 Å². The number of urea groups is 1. The van der Waals surface area contributed by atoms with Crippen molar-refractivity contribution in [2.45, 2.75) is 19.1 Å². The Morgan fingerprint density at radius 1 is 1.00 bits per heavy atom. The van der Waals surface area contributed by atoms with Gasteiger partial charge in [0.05, 0.1) is 20.3 Å². The second-order valence-electron chi connectivity index (χ2n) is 7.93. The minimum absolute atomic E-state index is 0.361. The number of benzene rings is 3. The zero-order chi connectivity index (χ0) is 23.3. The average Bonchev–Trinajstić information content (AvgIpc) is 2.81. The molecule has 6 nitrogen and oxygen atoms in total. The lowest BCUT2D eigenvalue weighted by molar-refractivity contribution is 0.00631. The van der Waals surface area contributed by atoms with Gasteiger partial charge in [-0.1, -0.05) is 18.2 Å². The van der Waals surface area contributed by atoms with Crippen LogP contribution < -0.4 is 20.1 Å². The molecule has 3 aromatic rings. The van der Waals surface area contributed by atoms with Gasteiger partial charge in [-0.15, -0.1) is 0 Å². The summed E-state index contributed by atoms with van der Waals surface area (Å²) in [4.78, 5) is 12.2. The van der Waals surface area contributed by atoms with Crippen LogP contribution in [-0.2, 0) is 11.3 Å². The highest BCUT2D eigenvalue weighted by molar-refractivity contribution is 6.00. The molecule has 1 aliphatic rings. The van der Waals surface area contributed by atoms with E-state index in [0.717, 1.165) is 16.9 Å². The van der Waals surface area contributed by atoms with Crippen molar-refractivity contribution >= 4 is 23.5 Å². The van der Waals surface area contributed by atoms with Crippen molar-refractivity contribution < 1.29 is 23.4 Å². The third-order valence-electron chi connectivity index (χ3n) is 5.14. The minimum Gasteiger partial charge on any atom is -0.497 e. The lowest BCUT2D eigenvalue weighted by Crippen LogP contribution is -2.37. The van der Waals surface area contributed by atoms with Gasteiger partial charge >= 0.3 is 6.03 Å². The monoisotopic (exact) mass is 448 g/mol. The summed E-state index contributed by atoms with van der Waals surface area (Å²) in [5, 5.41) is 5.43. The zero-order valence-electron chi connectivity index (χ0n) is 18.4. The van der Waals surface area contributed by atoms with E-state index in [1.54, 1.807) is 13.2 Å². The maximum absolute atomic E-state index is 13.0. The van der Waals surface area contributed by atoms with Gasteiger partial charge in [-0.3, -0.25) is 0 Å². The molecule has 0 aliphatic carbocycles. The summed E-state index contributed by atoms with van der Waals surface area (Å²) in [5.74, 6) is 1.15. The first-order valence-corrected chi connectivity index (χ1v) is 10.5. The van der Waals surface area contributed by atoms with Crippen molar-refractivity contribution in [3.05, 3.63) is 89.8 Å². The van der Waals surface area contributed by atoms with Crippen molar-refractivity contribution in [2.75, 3.05) is 24.4 Å². The van der Waals surface area contributed by atoms with E-state index >= 15 is 0 Å². The van der Waals surface area contributed by atoms with Crippen LogP contribution >= 0.6 is 0 Å². The topological polar surface area (TPSA) is 68.8 Å². The highest BCUT2D eigenvalue weighted by atomic mass is 19.1. The van der Waals surface area contributed by atoms with Gasteiger partial charge < -0.3 is 24.8 Å². The van der Waals surface area contributed by atoms with E-state index in [0.29, 0.717) is 30.3 Å². The maximum atomic E-state index is 13.0. The van der Waals surface area contributed by atoms with Crippen molar-refractivity contribution in [1.82, 2.24) is 0 Å². The minimum atomic E-state index is -0.603. The van der Waals surface area contributed by atoms with Gasteiger partial charge in [-0.25, -0.2) is 9.18 Å². The standard InChI is InChI=1S/C26H25FN2O4/c1-26(17-32-16-18-3-10-23(31-2)11-4-18)14-13-19-15-22(9-12-24(19)33-26)29-25(30)28-21-7-5-20(27)6-8-21/h3-15H,16-17H2,1-2H3,(H2,28,29,30). The van der Waals surface area contributed by atoms with Crippen molar-refractivity contribution in [3.8, 4) is 11.5 Å². The molecule has 0 saturated carbocycles. The van der Waals surface area contributed by atoms with Crippen LogP contribution in [0.4, 0.5) is 20.6 Å². The average molecular weight is 448 g/mol. The van der Waals surface area contributed by atoms with Crippen LogP contribution in [0.2, 0.25) is 0 Å². The second kappa shape index (κ2) is 9.75. The van der Waals surface area contributed by atoms with Gasteiger partial charge in [0.2, 0.25) is 0 Å². The van der Waals surface area contributed by atoms with E-state index in [1.165, 1.54) is 24.3 Å². The van der Waals surface area contributed by atoms with E-state index in [2.05, 4.69) is 10.6 Å². The van der Waals surface area contributed by atoms with Gasteiger partial charge in [-0.2, -0.15) is 0 Å². The number of carbonyl (C=O) groups excluding carboxylic acids is 1. The molecule has 0 spiro atoms. The summed E-state index contributed by atoms with van der Waals surface area (Å²) >= 11 is 0. The van der Waals surface area contributed by atoms with Crippen molar-refractivity contribution in [1.29, 1.82) is 0 Å². The Labute approximate surface area is 192 Å². The summed E-state index contributed by atoms with van der Waals surface area (Å²) in [5.41, 5.74) is 2.41. The first-order valence-electron chi connectivity index (χ1n) is 10.5. The molecule has 1 heterocycles. The van der Waals surface area contributed by atoms with Gasteiger partial charge in [-0.05, 0) is 73.2 Å². The predicted octanol–water partition coefficient (Wildman–Crippen LogP) is 5.86. The van der Waals surface area contributed by atoms with E-state index < -0.39 is 11.6 Å². The Morgan fingerprint density at radius 2 is 1.70 bits per heavy atom. The highest BCUT2D eigenvalue weighted by Crippen LogP contribution is 2.33. The fourth-order valence-corrected chi connectivity index (χ4v) is 3.40. The molecule has 33 heavy (non-hydrogen) atoms. The molecule has 170 valence electrons. The Bertz CT molecular complexity index is 1150. The molecule has 0 saturated heterocycles. The maximum Gasteiger partial charge on any atom is 0.323 e. The summed E-state index contributed by atoms with van der Waals surface area (Å²) in [6.07, 6.45) is 3.91. The van der Waals surface area contributed by atoms with Crippen LogP contribution in [0.15, 0.2) is 72.8 Å². The predicted molar refractivity (Wildman–Crippen MR) is 126 cm³/mol. The van der Waals surface area contributed by atoms with E-state index in [9.17, 15) is 9.18 Å². The molecule has 1 unspecified atom stereocenters. The lowest BCUT2D eigenvalue weighted by Gasteiger charge is -2.31. The zero-order valence-corrected chi connectivity index (χ0v) is 18.4. The van der Waals surface area contributed by atoms with Crippen LogP contribution in [0.25, 0.3) is 6.08 Å². The molecular weight excluding hydrogens is 423 g/mol. The van der Waals surface area contributed by atoms with Crippen molar-refractivity contribution in [3.63, 3.8) is 0 Å². The Hall–Kier alpha value is -3.84. The summed E-state index contributed by atoms with van der Waals surface area (Å²) in [7, 11) is 1.64. The third kappa shape index (κ3) is 5.90. The number of methoxy groups -OCH3 is 1. The summed E-state index contributed by atoms with van der Waals surface area (Å²) < 4.78 is 30.2. The SMILES string of the molecule is COc1ccc(COCC2(C)C=Cc3cc(NC(=O)Nc4ccc(F)cc4)ccc3O2)cc1. The fraction of sp³-hybridized carbons (Fsp3) is 0.192. The largest absolute Gasteiger partial charge is 0.497 e. The van der Waals surface area contributed by atoms with E-state index in [-0.39, 0.29) is 5.82 Å². The van der Waals surface area contributed by atoms with Gasteiger partial charge in [0.15, 0.2) is 0 Å². The third-order valence-corrected chi connectivity index (χ3v) is 5.14. The van der Waals surface area contributed by atoms with Gasteiger partial charge in [0.1, 0.15) is 22.9 Å². The number of ether oxygens (including phenoxy) is 3. The van der Waals surface area contributed by atoms with Crippen LogP contribution in [0.3, 0.4) is 0 Å². The molecule has 1 aliphatic heterocycles. The quantitative estimate of drug-likeness (QED) is 0.475. The Balaban J connectivity index is 1.32. The van der Waals surface area contributed by atoms with E-state index in [4.69, 9.17) is 14.2 Å². The normalized spacial score (nSPS) is 16.5. The molecule has 0 bridgehead atoms. The number of halogens is 1. The molecule has 0 radical (unpaired) electrons.